The second kappa shape index (κ2) is 6.97. The molecule has 0 saturated heterocycles. The summed E-state index contributed by atoms with van der Waals surface area (Å²) in [5, 5.41) is 1.99. The molecule has 0 aliphatic rings. The lowest BCUT2D eigenvalue weighted by Gasteiger charge is -2.00. The molecular formula is C9H16N2O2S. The Kier molecular flexibility index (Phi) is 6.22. The third-order valence-electron chi connectivity index (χ3n) is 1.12. The topological polar surface area (TPSA) is 72.2 Å². The summed E-state index contributed by atoms with van der Waals surface area (Å²) in [6, 6.07) is -0.716. The fourth-order valence-electron chi connectivity index (χ4n) is 0.587. The second-order valence-electron chi connectivity index (χ2n) is 2.20. The molecule has 0 unspecified atom stereocenters. The fourth-order valence-corrected chi connectivity index (χ4v) is 1.24. The van der Waals surface area contributed by atoms with Gasteiger partial charge in [0, 0.05) is 7.76 Å². The molecule has 2 amide bonds. The molecule has 0 aliphatic carbocycles. The summed E-state index contributed by atoms with van der Waals surface area (Å²) in [6.07, 6.45) is 4.74. The lowest BCUT2D eigenvalue weighted by Crippen LogP contribution is -2.32. The molecule has 0 rings (SSSR count). The minimum absolute atomic E-state index is 0. The van der Waals surface area contributed by atoms with Crippen molar-refractivity contribution in [2.75, 3.05) is 6.54 Å². The molecule has 0 heterocycles. The first kappa shape index (κ1) is 12.5. The average molecular weight is 216 g/mol. The van der Waals surface area contributed by atoms with E-state index in [9.17, 15) is 9.59 Å². The molecule has 0 aromatic heterocycles. The fraction of sp³-hybridized carbons (Fsp3) is 0.111. The Hall–Kier alpha value is -1.49. The van der Waals surface area contributed by atoms with Crippen molar-refractivity contribution >= 4 is 22.9 Å². The predicted molar refractivity (Wildman–Crippen MR) is 62.9 cm³/mol. The third kappa shape index (κ3) is 6.07. The molecule has 0 aliphatic heterocycles. The molecule has 80 valence electrons. The van der Waals surface area contributed by atoms with Gasteiger partial charge in [-0.05, 0) is 6.08 Å². The molecule has 0 aromatic carbocycles. The Balaban J connectivity index is -0.000000845. The molecule has 14 heavy (non-hydrogen) atoms. The summed E-state index contributed by atoms with van der Waals surface area (Å²) in [6.45, 7) is 6.92. The van der Waals surface area contributed by atoms with E-state index in [2.05, 4.69) is 18.5 Å². The van der Waals surface area contributed by atoms with Gasteiger partial charge >= 0.3 is 6.03 Å². The lowest BCUT2D eigenvalue weighted by molar-refractivity contribution is -0.110. The Morgan fingerprint density at radius 3 is 2.57 bits per heavy atom. The summed E-state index contributed by atoms with van der Waals surface area (Å²) >= 11 is 0.974. The van der Waals surface area contributed by atoms with Crippen molar-refractivity contribution in [2.45, 2.75) is 0 Å². The van der Waals surface area contributed by atoms with Crippen LogP contribution in [0.4, 0.5) is 4.79 Å². The molecule has 5 heteroatoms. The number of amides is 2. The number of carbonyl (C=O) groups is 2. The summed E-state index contributed by atoms with van der Waals surface area (Å²) in [4.78, 5) is 22.1. The Morgan fingerprint density at radius 1 is 1.50 bits per heavy atom. The summed E-state index contributed by atoms with van der Waals surface area (Å²) in [5.74, 6) is 0. The van der Waals surface area contributed by atoms with E-state index in [0.29, 0.717) is 4.91 Å². The van der Waals surface area contributed by atoms with Crippen LogP contribution in [0.2, 0.25) is 0 Å². The van der Waals surface area contributed by atoms with Gasteiger partial charge in [0.2, 0.25) is 5.12 Å². The van der Waals surface area contributed by atoms with Crippen molar-refractivity contribution in [3.8, 4) is 0 Å². The van der Waals surface area contributed by atoms with Crippen molar-refractivity contribution < 1.29 is 12.4 Å². The van der Waals surface area contributed by atoms with Gasteiger partial charge in [0.25, 0.3) is 0 Å². The monoisotopic (exact) mass is 216 g/mol. The number of carbonyl (C=O) groups excluding carboxylic acids is 2. The molecule has 4 nitrogen and oxygen atoms in total. The van der Waals surface area contributed by atoms with Crippen LogP contribution >= 0.6 is 11.8 Å². The van der Waals surface area contributed by atoms with Gasteiger partial charge in [0.1, 0.15) is 0 Å². The van der Waals surface area contributed by atoms with Gasteiger partial charge in [0.05, 0.1) is 6.54 Å². The number of primary amides is 1. The first-order valence-electron chi connectivity index (χ1n) is 3.79. The van der Waals surface area contributed by atoms with Gasteiger partial charge < -0.3 is 11.1 Å². The number of rotatable bonds is 5. The van der Waals surface area contributed by atoms with Crippen LogP contribution in [0.15, 0.2) is 36.3 Å². The maximum atomic E-state index is 11.2. The minimum atomic E-state index is -0.716. The minimum Gasteiger partial charge on any atom is -0.352 e. The molecule has 0 saturated carbocycles. The normalized spacial score (nSPS) is 10.4. The maximum Gasteiger partial charge on any atom is 0.312 e. The van der Waals surface area contributed by atoms with E-state index in [0.717, 1.165) is 11.8 Å². The average Bonchev–Trinajstić information content (AvgIpc) is 2.14. The van der Waals surface area contributed by atoms with E-state index < -0.39 is 6.03 Å². The van der Waals surface area contributed by atoms with E-state index in [1.54, 1.807) is 12.2 Å². The maximum absolute atomic E-state index is 11.2. The first-order valence-corrected chi connectivity index (χ1v) is 4.61. The lowest BCUT2D eigenvalue weighted by atomic mass is 10.5. The second-order valence-corrected chi connectivity index (χ2v) is 3.33. The number of nitrogens with one attached hydrogen (secondary N) is 1. The van der Waals surface area contributed by atoms with Gasteiger partial charge in [-0.3, -0.25) is 4.79 Å². The molecule has 0 fully saturated rings. The van der Waals surface area contributed by atoms with Crippen molar-refractivity contribution in [2.24, 2.45) is 5.73 Å². The number of thioether (sulfide) groups is 1. The molecule has 3 N–H and O–H groups in total. The first-order chi connectivity index (χ1) is 6.60. The van der Waals surface area contributed by atoms with Crippen LogP contribution in [0.5, 0.6) is 0 Å². The van der Waals surface area contributed by atoms with Crippen molar-refractivity contribution in [3.05, 3.63) is 36.3 Å². The van der Waals surface area contributed by atoms with Crippen LogP contribution in [0.25, 0.3) is 0 Å². The zero-order valence-electron chi connectivity index (χ0n) is 7.66. The SMILES string of the molecule is C=C/C=C(\C=C)SC(=O)CNC(N)=O.[HH].[HH]. The van der Waals surface area contributed by atoms with E-state index in [1.807, 2.05) is 0 Å². The third-order valence-corrected chi connectivity index (χ3v) is 2.03. The number of hydrogen-bond donors (Lipinski definition) is 2. The van der Waals surface area contributed by atoms with Crippen molar-refractivity contribution in [3.63, 3.8) is 0 Å². The quantitative estimate of drug-likeness (QED) is 0.686. The van der Waals surface area contributed by atoms with Gasteiger partial charge in [-0.2, -0.15) is 0 Å². The van der Waals surface area contributed by atoms with Gasteiger partial charge in [-0.15, -0.1) is 0 Å². The van der Waals surface area contributed by atoms with E-state index in [-0.39, 0.29) is 14.5 Å². The summed E-state index contributed by atoms with van der Waals surface area (Å²) in [5.41, 5.74) is 4.80. The summed E-state index contributed by atoms with van der Waals surface area (Å²) in [7, 11) is 0. The van der Waals surface area contributed by atoms with E-state index >= 15 is 0 Å². The smallest absolute Gasteiger partial charge is 0.312 e. The zero-order valence-corrected chi connectivity index (χ0v) is 8.47. The van der Waals surface area contributed by atoms with Crippen LogP contribution in [-0.2, 0) is 4.79 Å². The Labute approximate surface area is 89.9 Å². The number of allylic oxidation sites excluding steroid dienone is 3. The van der Waals surface area contributed by atoms with Gasteiger partial charge in [0.15, 0.2) is 0 Å². The number of hydrogen-bond acceptors (Lipinski definition) is 3. The Morgan fingerprint density at radius 2 is 2.14 bits per heavy atom. The number of nitrogens with two attached hydrogens (primary N) is 1. The highest BCUT2D eigenvalue weighted by Gasteiger charge is 2.04. The molecule has 0 spiro atoms. The van der Waals surface area contributed by atoms with Crippen molar-refractivity contribution in [1.82, 2.24) is 5.32 Å². The highest BCUT2D eigenvalue weighted by atomic mass is 32.2. The van der Waals surface area contributed by atoms with Crippen LogP contribution < -0.4 is 11.1 Å². The molecule has 0 atom stereocenters. The Bertz CT molecular complexity index is 293. The molecule has 0 aromatic rings. The number of urea groups is 1. The molecular weight excluding hydrogens is 200 g/mol. The molecule has 0 bridgehead atoms. The van der Waals surface area contributed by atoms with Gasteiger partial charge in [-0.25, -0.2) is 4.79 Å². The highest BCUT2D eigenvalue weighted by molar-refractivity contribution is 8.17. The van der Waals surface area contributed by atoms with E-state index in [1.165, 1.54) is 6.08 Å². The van der Waals surface area contributed by atoms with Crippen LogP contribution in [0, 0.1) is 0 Å². The standard InChI is InChI=1S/C9H12N2O2S.2H2/c1-3-5-7(4-2)14-8(12)6-11-9(10)13;;/h3-5H,1-2,6H2,(H3,10,11,13);2*1H/b7-5+;;. The van der Waals surface area contributed by atoms with Crippen LogP contribution in [0.3, 0.4) is 0 Å². The van der Waals surface area contributed by atoms with Gasteiger partial charge in [-0.1, -0.05) is 37.1 Å². The highest BCUT2D eigenvalue weighted by Crippen LogP contribution is 2.16. The largest absolute Gasteiger partial charge is 0.352 e. The summed E-state index contributed by atoms with van der Waals surface area (Å²) < 4.78 is 0. The van der Waals surface area contributed by atoms with Crippen LogP contribution in [0.1, 0.15) is 2.85 Å². The van der Waals surface area contributed by atoms with Crippen LogP contribution in [-0.4, -0.2) is 17.7 Å². The predicted octanol–water partition coefficient (Wildman–Crippen LogP) is 1.66. The van der Waals surface area contributed by atoms with Crippen molar-refractivity contribution in [1.29, 1.82) is 0 Å². The zero-order chi connectivity index (χ0) is 11.0. The molecule has 0 radical (unpaired) electrons. The van der Waals surface area contributed by atoms with E-state index in [4.69, 9.17) is 5.73 Å².